The van der Waals surface area contributed by atoms with E-state index in [0.717, 1.165) is 25.8 Å². The molecule has 3 nitrogen and oxygen atoms in total. The van der Waals surface area contributed by atoms with Crippen LogP contribution in [0.2, 0.25) is 0 Å². The van der Waals surface area contributed by atoms with E-state index in [0.29, 0.717) is 6.04 Å². The molecular formula is C10H20N2O. The summed E-state index contributed by atoms with van der Waals surface area (Å²) in [6, 6.07) is 1.16. The third-order valence-electron chi connectivity index (χ3n) is 3.20. The molecule has 0 unspecified atom stereocenters. The molecule has 2 rings (SSSR count). The van der Waals surface area contributed by atoms with E-state index >= 15 is 0 Å². The van der Waals surface area contributed by atoms with E-state index in [1.807, 2.05) is 0 Å². The predicted molar refractivity (Wildman–Crippen MR) is 52.6 cm³/mol. The maximum atomic E-state index is 5.96. The Kier molecular flexibility index (Phi) is 3.19. The average Bonchev–Trinajstić information content (AvgIpc) is 2.19. The van der Waals surface area contributed by atoms with E-state index < -0.39 is 0 Å². The first-order chi connectivity index (χ1) is 6.36. The summed E-state index contributed by atoms with van der Waals surface area (Å²) in [6.45, 7) is 4.23. The predicted octanol–water partition coefficient (Wildman–Crippen LogP) is 0.588. The lowest BCUT2D eigenvalue weighted by Crippen LogP contribution is -2.49. The molecule has 1 atom stereocenters. The van der Waals surface area contributed by atoms with Gasteiger partial charge in [-0.1, -0.05) is 0 Å². The van der Waals surface area contributed by atoms with Crippen molar-refractivity contribution in [3.63, 3.8) is 0 Å². The molecule has 13 heavy (non-hydrogen) atoms. The summed E-state index contributed by atoms with van der Waals surface area (Å²) in [6.07, 6.45) is 4.89. The van der Waals surface area contributed by atoms with Gasteiger partial charge < -0.3 is 10.5 Å². The molecule has 2 saturated heterocycles. The molecule has 0 bridgehead atoms. The monoisotopic (exact) mass is 184 g/mol. The third kappa shape index (κ3) is 2.42. The summed E-state index contributed by atoms with van der Waals surface area (Å²) >= 11 is 0. The zero-order valence-corrected chi connectivity index (χ0v) is 8.24. The Balaban J connectivity index is 1.83. The zero-order valence-electron chi connectivity index (χ0n) is 8.24. The van der Waals surface area contributed by atoms with Gasteiger partial charge in [0.05, 0.1) is 0 Å². The number of nitrogens with two attached hydrogens (primary N) is 1. The van der Waals surface area contributed by atoms with Gasteiger partial charge in [0.2, 0.25) is 0 Å². The number of hydrogen-bond donors (Lipinski definition) is 1. The van der Waals surface area contributed by atoms with E-state index in [1.165, 1.54) is 32.2 Å². The van der Waals surface area contributed by atoms with E-state index in [4.69, 9.17) is 10.5 Å². The molecule has 2 N–H and O–H groups in total. The fourth-order valence-corrected chi connectivity index (χ4v) is 2.42. The molecule has 0 amide bonds. The molecule has 2 heterocycles. The summed E-state index contributed by atoms with van der Waals surface area (Å²) in [5, 5.41) is 0. The van der Waals surface area contributed by atoms with Crippen molar-refractivity contribution in [1.29, 1.82) is 0 Å². The van der Waals surface area contributed by atoms with Crippen LogP contribution in [0.4, 0.5) is 0 Å². The molecule has 76 valence electrons. The number of nitrogens with zero attached hydrogens (tertiary/aromatic N) is 1. The summed E-state index contributed by atoms with van der Waals surface area (Å²) in [5.74, 6) is 0. The van der Waals surface area contributed by atoms with Gasteiger partial charge >= 0.3 is 0 Å². The van der Waals surface area contributed by atoms with Crippen LogP contribution in [-0.4, -0.2) is 43.3 Å². The first-order valence-corrected chi connectivity index (χ1v) is 5.43. The van der Waals surface area contributed by atoms with Gasteiger partial charge in [0.25, 0.3) is 0 Å². The molecule has 0 aromatic heterocycles. The Morgan fingerprint density at radius 2 is 1.92 bits per heavy atom. The van der Waals surface area contributed by atoms with Gasteiger partial charge in [-0.05, 0) is 32.2 Å². The van der Waals surface area contributed by atoms with Gasteiger partial charge in [-0.3, -0.25) is 4.90 Å². The summed E-state index contributed by atoms with van der Waals surface area (Å²) in [4.78, 5) is 2.57. The van der Waals surface area contributed by atoms with Crippen molar-refractivity contribution in [2.45, 2.75) is 37.8 Å². The van der Waals surface area contributed by atoms with Gasteiger partial charge in [0.1, 0.15) is 0 Å². The standard InChI is InChI=1S/C10H20N2O/c11-9-2-1-5-12(8-9)10-3-6-13-7-4-10/h9-10H,1-8,11H2/t9-/m0/s1. The largest absolute Gasteiger partial charge is 0.381 e. The van der Waals surface area contributed by atoms with Crippen LogP contribution < -0.4 is 5.73 Å². The second-order valence-electron chi connectivity index (χ2n) is 4.24. The fraction of sp³-hybridized carbons (Fsp3) is 1.00. The van der Waals surface area contributed by atoms with E-state index in [2.05, 4.69) is 4.90 Å². The maximum absolute atomic E-state index is 5.96. The number of likely N-dealkylation sites (tertiary alicyclic amines) is 1. The van der Waals surface area contributed by atoms with Crippen LogP contribution in [-0.2, 0) is 4.74 Å². The van der Waals surface area contributed by atoms with Crippen LogP contribution in [0.25, 0.3) is 0 Å². The minimum atomic E-state index is 0.414. The first-order valence-electron chi connectivity index (χ1n) is 5.43. The second-order valence-corrected chi connectivity index (χ2v) is 4.24. The highest BCUT2D eigenvalue weighted by Crippen LogP contribution is 2.18. The van der Waals surface area contributed by atoms with Crippen LogP contribution in [0.5, 0.6) is 0 Å². The molecule has 2 aliphatic heterocycles. The smallest absolute Gasteiger partial charge is 0.0480 e. The molecule has 0 aromatic rings. The summed E-state index contributed by atoms with van der Waals surface area (Å²) in [5.41, 5.74) is 5.96. The SMILES string of the molecule is N[C@H]1CCCN(C2CCOCC2)C1. The van der Waals surface area contributed by atoms with E-state index in [-0.39, 0.29) is 0 Å². The second kappa shape index (κ2) is 4.40. The van der Waals surface area contributed by atoms with Gasteiger partial charge in [-0.25, -0.2) is 0 Å². The number of piperidine rings is 1. The Labute approximate surface area is 80.2 Å². The number of hydrogen-bond acceptors (Lipinski definition) is 3. The van der Waals surface area contributed by atoms with Gasteiger partial charge in [0, 0.05) is 31.8 Å². The minimum absolute atomic E-state index is 0.414. The molecule has 0 aliphatic carbocycles. The van der Waals surface area contributed by atoms with Crippen molar-refractivity contribution in [3.8, 4) is 0 Å². The number of rotatable bonds is 1. The van der Waals surface area contributed by atoms with Crippen LogP contribution >= 0.6 is 0 Å². The number of ether oxygens (including phenoxy) is 1. The Hall–Kier alpha value is -0.120. The van der Waals surface area contributed by atoms with Crippen LogP contribution in [0, 0.1) is 0 Å². The Morgan fingerprint density at radius 1 is 1.15 bits per heavy atom. The third-order valence-corrected chi connectivity index (χ3v) is 3.20. The fourth-order valence-electron chi connectivity index (χ4n) is 2.42. The maximum Gasteiger partial charge on any atom is 0.0480 e. The molecule has 0 spiro atoms. The van der Waals surface area contributed by atoms with Gasteiger partial charge in [0.15, 0.2) is 0 Å². The quantitative estimate of drug-likeness (QED) is 0.648. The van der Waals surface area contributed by atoms with Crippen molar-refractivity contribution in [2.24, 2.45) is 5.73 Å². The summed E-state index contributed by atoms with van der Waals surface area (Å²) in [7, 11) is 0. The Bertz CT molecular complexity index is 157. The highest BCUT2D eigenvalue weighted by molar-refractivity contribution is 4.81. The molecule has 2 aliphatic rings. The zero-order chi connectivity index (χ0) is 9.10. The van der Waals surface area contributed by atoms with Crippen molar-refractivity contribution < 1.29 is 4.74 Å². The lowest BCUT2D eigenvalue weighted by molar-refractivity contribution is 0.0244. The molecule has 2 fully saturated rings. The van der Waals surface area contributed by atoms with E-state index in [9.17, 15) is 0 Å². The average molecular weight is 184 g/mol. The highest BCUT2D eigenvalue weighted by Gasteiger charge is 2.25. The van der Waals surface area contributed by atoms with E-state index in [1.54, 1.807) is 0 Å². The molecule has 0 aromatic carbocycles. The van der Waals surface area contributed by atoms with Crippen molar-refractivity contribution in [3.05, 3.63) is 0 Å². The molecule has 0 radical (unpaired) electrons. The topological polar surface area (TPSA) is 38.5 Å². The minimum Gasteiger partial charge on any atom is -0.381 e. The summed E-state index contributed by atoms with van der Waals surface area (Å²) < 4.78 is 5.36. The van der Waals surface area contributed by atoms with Crippen molar-refractivity contribution in [2.75, 3.05) is 26.3 Å². The lowest BCUT2D eigenvalue weighted by atomic mass is 10.0. The van der Waals surface area contributed by atoms with Crippen molar-refractivity contribution in [1.82, 2.24) is 4.90 Å². The van der Waals surface area contributed by atoms with Crippen LogP contribution in [0.1, 0.15) is 25.7 Å². The molecule has 0 saturated carbocycles. The molecule has 3 heteroatoms. The highest BCUT2D eigenvalue weighted by atomic mass is 16.5. The lowest BCUT2D eigenvalue weighted by Gasteiger charge is -2.38. The first kappa shape index (κ1) is 9.44. The van der Waals surface area contributed by atoms with Crippen LogP contribution in [0.3, 0.4) is 0 Å². The van der Waals surface area contributed by atoms with Crippen molar-refractivity contribution >= 4 is 0 Å². The molecular weight excluding hydrogens is 164 g/mol. The Morgan fingerprint density at radius 3 is 2.62 bits per heavy atom. The van der Waals surface area contributed by atoms with Gasteiger partial charge in [-0.15, -0.1) is 0 Å². The van der Waals surface area contributed by atoms with Gasteiger partial charge in [-0.2, -0.15) is 0 Å². The normalized spacial score (nSPS) is 33.5. The van der Waals surface area contributed by atoms with Crippen LogP contribution in [0.15, 0.2) is 0 Å².